The number of nitrogens with zero attached hydrogens (tertiary/aromatic N) is 1. The van der Waals surface area contributed by atoms with Crippen LogP contribution in [0.4, 0.5) is 0 Å². The number of phenols is 1. The van der Waals surface area contributed by atoms with Gasteiger partial charge in [-0.15, -0.1) is 0 Å². The molecule has 182 valence electrons. The monoisotopic (exact) mass is 472 g/mol. The van der Waals surface area contributed by atoms with Gasteiger partial charge in [0.15, 0.2) is 0 Å². The van der Waals surface area contributed by atoms with Crippen molar-refractivity contribution in [2.45, 2.75) is 45.3 Å². The number of amides is 1. The lowest BCUT2D eigenvalue weighted by Crippen LogP contribution is -2.43. The predicted molar refractivity (Wildman–Crippen MR) is 136 cm³/mol. The fraction of sp³-hybridized carbons (Fsp3) is 0.310. The van der Waals surface area contributed by atoms with Crippen molar-refractivity contribution >= 4 is 11.9 Å². The summed E-state index contributed by atoms with van der Waals surface area (Å²) in [4.78, 5) is 27.1. The van der Waals surface area contributed by atoms with Crippen molar-refractivity contribution < 1.29 is 19.4 Å². The van der Waals surface area contributed by atoms with Gasteiger partial charge in [0, 0.05) is 6.54 Å². The van der Waals surface area contributed by atoms with Gasteiger partial charge < -0.3 is 15.2 Å². The van der Waals surface area contributed by atoms with Crippen LogP contribution in [0.5, 0.6) is 5.75 Å². The molecular formula is C29H32N2O4. The summed E-state index contributed by atoms with van der Waals surface area (Å²) in [7, 11) is 1.36. The Morgan fingerprint density at radius 3 is 2.60 bits per heavy atom. The van der Waals surface area contributed by atoms with E-state index in [9.17, 15) is 14.7 Å². The summed E-state index contributed by atoms with van der Waals surface area (Å²) < 4.78 is 4.75. The molecule has 3 aromatic rings. The molecule has 4 rings (SSSR count). The molecule has 0 saturated carbocycles. The van der Waals surface area contributed by atoms with E-state index >= 15 is 0 Å². The van der Waals surface area contributed by atoms with Crippen molar-refractivity contribution in [1.82, 2.24) is 10.2 Å². The Morgan fingerprint density at radius 2 is 1.89 bits per heavy atom. The number of methoxy groups -OCH3 is 1. The van der Waals surface area contributed by atoms with Crippen LogP contribution in [0.2, 0.25) is 0 Å². The number of hydrogen-bond donors (Lipinski definition) is 2. The molecule has 1 fully saturated rings. The number of aryl methyl sites for hydroxylation is 1. The molecule has 0 bridgehead atoms. The summed E-state index contributed by atoms with van der Waals surface area (Å²) >= 11 is 0. The number of rotatable bonds is 7. The molecule has 2 N–H and O–H groups in total. The van der Waals surface area contributed by atoms with Crippen LogP contribution in [0, 0.1) is 6.92 Å². The van der Waals surface area contributed by atoms with Crippen LogP contribution in [0.1, 0.15) is 52.9 Å². The average molecular weight is 473 g/mol. The van der Waals surface area contributed by atoms with Gasteiger partial charge >= 0.3 is 5.97 Å². The summed E-state index contributed by atoms with van der Waals surface area (Å²) in [6, 6.07) is 20.6. The van der Waals surface area contributed by atoms with Crippen LogP contribution < -0.4 is 5.32 Å². The number of benzene rings is 3. The standard InChI is InChI=1S/C29H32N2O4/c1-19-16-25(32)13-14-26(19)24-7-4-6-21(17-24)18-31-15-5-8-27(31)28(33)30-20(2)22-9-11-23(12-10-22)29(34)35-3/h4,6-7,9-14,16-17,20,27,32H,5,8,15,18H2,1-3H3,(H,30,33)/t20-,27+/m0/s1. The first-order chi connectivity index (χ1) is 16.9. The lowest BCUT2D eigenvalue weighted by Gasteiger charge is -2.26. The molecule has 3 aromatic carbocycles. The van der Waals surface area contributed by atoms with Crippen LogP contribution in [0.15, 0.2) is 66.7 Å². The summed E-state index contributed by atoms with van der Waals surface area (Å²) in [5.41, 5.74) is 5.79. The first-order valence-electron chi connectivity index (χ1n) is 12.0. The predicted octanol–water partition coefficient (Wildman–Crippen LogP) is 5.00. The van der Waals surface area contributed by atoms with Gasteiger partial charge in [-0.1, -0.05) is 36.4 Å². The number of carbonyl (C=O) groups excluding carboxylic acids is 2. The average Bonchev–Trinajstić information content (AvgIpc) is 3.32. The number of phenolic OH excluding ortho intramolecular Hbond substituents is 1. The van der Waals surface area contributed by atoms with E-state index in [0.717, 1.165) is 47.2 Å². The minimum atomic E-state index is -0.375. The fourth-order valence-electron chi connectivity index (χ4n) is 4.77. The highest BCUT2D eigenvalue weighted by Crippen LogP contribution is 2.28. The quantitative estimate of drug-likeness (QED) is 0.474. The summed E-state index contributed by atoms with van der Waals surface area (Å²) in [6.45, 7) is 5.52. The molecule has 0 aromatic heterocycles. The van der Waals surface area contributed by atoms with Gasteiger partial charge in [-0.3, -0.25) is 9.69 Å². The maximum absolute atomic E-state index is 13.2. The lowest BCUT2D eigenvalue weighted by atomic mass is 9.98. The van der Waals surface area contributed by atoms with E-state index in [2.05, 4.69) is 28.4 Å². The number of nitrogens with one attached hydrogen (secondary N) is 1. The van der Waals surface area contributed by atoms with Crippen molar-refractivity contribution in [3.63, 3.8) is 0 Å². The van der Waals surface area contributed by atoms with E-state index in [4.69, 9.17) is 4.74 Å². The highest BCUT2D eigenvalue weighted by Gasteiger charge is 2.31. The third kappa shape index (κ3) is 5.72. The topological polar surface area (TPSA) is 78.9 Å². The van der Waals surface area contributed by atoms with Crippen LogP contribution in [0.25, 0.3) is 11.1 Å². The Balaban J connectivity index is 1.42. The van der Waals surface area contributed by atoms with Gasteiger partial charge in [-0.25, -0.2) is 4.79 Å². The second-order valence-electron chi connectivity index (χ2n) is 9.17. The Kier molecular flexibility index (Phi) is 7.51. The number of carbonyl (C=O) groups is 2. The molecule has 1 heterocycles. The third-order valence-electron chi connectivity index (χ3n) is 6.69. The van der Waals surface area contributed by atoms with Gasteiger partial charge in [-0.05, 0) is 91.4 Å². The maximum atomic E-state index is 13.2. The smallest absolute Gasteiger partial charge is 0.337 e. The van der Waals surface area contributed by atoms with Crippen LogP contribution in [-0.4, -0.2) is 41.6 Å². The first-order valence-corrected chi connectivity index (χ1v) is 12.0. The van der Waals surface area contributed by atoms with Crippen molar-refractivity contribution in [1.29, 1.82) is 0 Å². The van der Waals surface area contributed by atoms with Crippen molar-refractivity contribution in [3.8, 4) is 16.9 Å². The lowest BCUT2D eigenvalue weighted by molar-refractivity contribution is -0.126. The van der Waals surface area contributed by atoms with Crippen LogP contribution in [0.3, 0.4) is 0 Å². The second kappa shape index (κ2) is 10.7. The number of ether oxygens (including phenoxy) is 1. The third-order valence-corrected chi connectivity index (χ3v) is 6.69. The number of aromatic hydroxyl groups is 1. The van der Waals surface area contributed by atoms with Gasteiger partial charge in [0.2, 0.25) is 5.91 Å². The molecule has 6 heteroatoms. The van der Waals surface area contributed by atoms with Gasteiger partial charge in [0.1, 0.15) is 5.75 Å². The molecule has 1 saturated heterocycles. The molecule has 1 aliphatic heterocycles. The summed E-state index contributed by atoms with van der Waals surface area (Å²) in [6.07, 6.45) is 1.81. The van der Waals surface area contributed by atoms with Gasteiger partial charge in [0.05, 0.1) is 24.8 Å². The molecule has 0 spiro atoms. The van der Waals surface area contributed by atoms with Crippen LogP contribution in [-0.2, 0) is 16.1 Å². The Morgan fingerprint density at radius 1 is 1.11 bits per heavy atom. The molecule has 0 radical (unpaired) electrons. The van der Waals surface area contributed by atoms with E-state index in [-0.39, 0.29) is 29.7 Å². The summed E-state index contributed by atoms with van der Waals surface area (Å²) in [5.74, 6) is -0.0842. The minimum absolute atomic E-state index is 0.0255. The van der Waals surface area contributed by atoms with Gasteiger partial charge in [-0.2, -0.15) is 0 Å². The van der Waals surface area contributed by atoms with E-state index in [0.29, 0.717) is 12.1 Å². The number of esters is 1. The minimum Gasteiger partial charge on any atom is -0.508 e. The Bertz CT molecular complexity index is 1210. The van der Waals surface area contributed by atoms with E-state index < -0.39 is 0 Å². The molecule has 2 atom stereocenters. The molecule has 1 amide bonds. The molecule has 6 nitrogen and oxygen atoms in total. The normalized spacial score (nSPS) is 16.6. The zero-order chi connectivity index (χ0) is 24.9. The largest absolute Gasteiger partial charge is 0.508 e. The molecule has 1 aliphatic rings. The SMILES string of the molecule is COC(=O)c1ccc([C@H](C)NC(=O)[C@H]2CCCN2Cc2cccc(-c3ccc(O)cc3C)c2)cc1. The number of hydrogen-bond acceptors (Lipinski definition) is 5. The van der Waals surface area contributed by atoms with Crippen LogP contribution >= 0.6 is 0 Å². The molecule has 0 unspecified atom stereocenters. The number of likely N-dealkylation sites (tertiary alicyclic amines) is 1. The van der Waals surface area contributed by atoms with Crippen molar-refractivity contribution in [2.75, 3.05) is 13.7 Å². The van der Waals surface area contributed by atoms with Gasteiger partial charge in [0.25, 0.3) is 0 Å². The van der Waals surface area contributed by atoms with E-state index in [1.165, 1.54) is 7.11 Å². The highest BCUT2D eigenvalue weighted by atomic mass is 16.5. The Labute approximate surface area is 206 Å². The Hall–Kier alpha value is -3.64. The highest BCUT2D eigenvalue weighted by molar-refractivity contribution is 5.89. The molecule has 35 heavy (non-hydrogen) atoms. The molecular weight excluding hydrogens is 440 g/mol. The zero-order valence-electron chi connectivity index (χ0n) is 20.5. The fourth-order valence-corrected chi connectivity index (χ4v) is 4.77. The maximum Gasteiger partial charge on any atom is 0.337 e. The van der Waals surface area contributed by atoms with Crippen molar-refractivity contribution in [2.24, 2.45) is 0 Å². The first kappa shape index (κ1) is 24.5. The zero-order valence-corrected chi connectivity index (χ0v) is 20.5. The van der Waals surface area contributed by atoms with E-state index in [1.54, 1.807) is 24.3 Å². The molecule has 0 aliphatic carbocycles. The second-order valence-corrected chi connectivity index (χ2v) is 9.17. The van der Waals surface area contributed by atoms with E-state index in [1.807, 2.05) is 38.1 Å². The van der Waals surface area contributed by atoms with Crippen molar-refractivity contribution in [3.05, 3.63) is 89.0 Å². The summed E-state index contributed by atoms with van der Waals surface area (Å²) in [5, 5.41) is 12.9.